The van der Waals surface area contributed by atoms with Crippen molar-refractivity contribution in [2.24, 2.45) is 0 Å². The number of nitrogens with one attached hydrogen (secondary N) is 2. The van der Waals surface area contributed by atoms with Gasteiger partial charge in [-0.05, 0) is 44.4 Å². The van der Waals surface area contributed by atoms with Gasteiger partial charge in [-0.1, -0.05) is 12.1 Å². The zero-order chi connectivity index (χ0) is 21.8. The van der Waals surface area contributed by atoms with E-state index in [1.165, 1.54) is 12.1 Å². The fourth-order valence-electron chi connectivity index (χ4n) is 3.20. The molecule has 0 saturated heterocycles. The average molecular weight is 409 g/mol. The SMILES string of the molecule is Cc1ccc([N+](=O)[O-])cc1NC(=O)CCCNC(=O)c1c(C)nc2c(C)cccn12. The molecule has 3 aromatic rings. The second-order valence-corrected chi connectivity index (χ2v) is 7.09. The van der Waals surface area contributed by atoms with Gasteiger partial charge in [-0.15, -0.1) is 0 Å². The lowest BCUT2D eigenvalue weighted by Crippen LogP contribution is -2.27. The molecule has 0 fully saturated rings. The topological polar surface area (TPSA) is 119 Å². The maximum Gasteiger partial charge on any atom is 0.271 e. The Morgan fingerprint density at radius 2 is 1.93 bits per heavy atom. The highest BCUT2D eigenvalue weighted by Crippen LogP contribution is 2.22. The van der Waals surface area contributed by atoms with Crippen molar-refractivity contribution in [3.63, 3.8) is 0 Å². The highest BCUT2D eigenvalue weighted by atomic mass is 16.6. The first-order valence-electron chi connectivity index (χ1n) is 9.55. The molecule has 0 aliphatic heterocycles. The van der Waals surface area contributed by atoms with Crippen LogP contribution in [0.15, 0.2) is 36.5 Å². The summed E-state index contributed by atoms with van der Waals surface area (Å²) in [5.74, 6) is -0.519. The molecule has 3 rings (SSSR count). The number of hydrogen-bond donors (Lipinski definition) is 2. The van der Waals surface area contributed by atoms with Gasteiger partial charge in [-0.2, -0.15) is 0 Å². The number of rotatable bonds is 7. The molecular formula is C21H23N5O4. The van der Waals surface area contributed by atoms with Gasteiger partial charge in [0.05, 0.1) is 16.3 Å². The van der Waals surface area contributed by atoms with Crippen LogP contribution in [-0.2, 0) is 4.79 Å². The minimum Gasteiger partial charge on any atom is -0.351 e. The number of imidazole rings is 1. The maximum absolute atomic E-state index is 12.6. The molecule has 9 heteroatoms. The largest absolute Gasteiger partial charge is 0.351 e. The summed E-state index contributed by atoms with van der Waals surface area (Å²) in [5.41, 5.74) is 3.91. The molecule has 156 valence electrons. The highest BCUT2D eigenvalue weighted by Gasteiger charge is 2.17. The normalized spacial score (nSPS) is 10.8. The minimum absolute atomic E-state index is 0.0817. The lowest BCUT2D eigenvalue weighted by Gasteiger charge is -2.09. The summed E-state index contributed by atoms with van der Waals surface area (Å²) in [5, 5.41) is 16.4. The molecule has 0 aliphatic rings. The van der Waals surface area contributed by atoms with Crippen molar-refractivity contribution in [2.75, 3.05) is 11.9 Å². The lowest BCUT2D eigenvalue weighted by atomic mass is 10.1. The van der Waals surface area contributed by atoms with Gasteiger partial charge >= 0.3 is 0 Å². The van der Waals surface area contributed by atoms with E-state index >= 15 is 0 Å². The van der Waals surface area contributed by atoms with Gasteiger partial charge in [0.25, 0.3) is 11.6 Å². The van der Waals surface area contributed by atoms with E-state index in [0.717, 1.165) is 16.8 Å². The Morgan fingerprint density at radius 3 is 2.67 bits per heavy atom. The number of aromatic nitrogens is 2. The van der Waals surface area contributed by atoms with Crippen LogP contribution in [0.1, 0.15) is 40.2 Å². The van der Waals surface area contributed by atoms with Crippen molar-refractivity contribution in [2.45, 2.75) is 33.6 Å². The predicted molar refractivity (Wildman–Crippen MR) is 113 cm³/mol. The number of anilines is 1. The molecule has 1 aromatic carbocycles. The number of hydrogen-bond acceptors (Lipinski definition) is 5. The standard InChI is InChI=1S/C21H23N5O4/c1-13-8-9-16(26(29)30)12-17(13)24-18(27)7-4-10-22-21(28)19-15(3)23-20-14(2)6-5-11-25(19)20/h5-6,8-9,11-12H,4,7,10H2,1-3H3,(H,22,28)(H,24,27). The van der Waals surface area contributed by atoms with Crippen LogP contribution in [-0.4, -0.2) is 32.7 Å². The van der Waals surface area contributed by atoms with E-state index < -0.39 is 4.92 Å². The molecule has 2 amide bonds. The first-order valence-corrected chi connectivity index (χ1v) is 9.55. The molecule has 2 heterocycles. The molecular weight excluding hydrogens is 386 g/mol. The second-order valence-electron chi connectivity index (χ2n) is 7.09. The highest BCUT2D eigenvalue weighted by molar-refractivity contribution is 5.95. The van der Waals surface area contributed by atoms with E-state index in [0.29, 0.717) is 30.0 Å². The van der Waals surface area contributed by atoms with E-state index in [9.17, 15) is 19.7 Å². The number of carbonyl (C=O) groups is 2. The van der Waals surface area contributed by atoms with Crippen molar-refractivity contribution < 1.29 is 14.5 Å². The summed E-state index contributed by atoms with van der Waals surface area (Å²) in [6, 6.07) is 8.12. The molecule has 9 nitrogen and oxygen atoms in total. The van der Waals surface area contributed by atoms with Crippen LogP contribution < -0.4 is 10.6 Å². The number of nitrogens with zero attached hydrogens (tertiary/aromatic N) is 3. The van der Waals surface area contributed by atoms with Gasteiger partial charge in [0, 0.05) is 31.3 Å². The summed E-state index contributed by atoms with van der Waals surface area (Å²) in [4.78, 5) is 39.6. The third-order valence-corrected chi connectivity index (χ3v) is 4.81. The van der Waals surface area contributed by atoms with Gasteiger partial charge in [-0.25, -0.2) is 4.98 Å². The van der Waals surface area contributed by atoms with Crippen LogP contribution in [0.4, 0.5) is 11.4 Å². The molecule has 0 aliphatic carbocycles. The molecule has 0 bridgehead atoms. The summed E-state index contributed by atoms with van der Waals surface area (Å²) >= 11 is 0. The summed E-state index contributed by atoms with van der Waals surface area (Å²) in [6.07, 6.45) is 2.40. The Hall–Kier alpha value is -3.75. The number of pyridine rings is 1. The lowest BCUT2D eigenvalue weighted by molar-refractivity contribution is -0.384. The van der Waals surface area contributed by atoms with Crippen molar-refractivity contribution in [1.82, 2.24) is 14.7 Å². The smallest absolute Gasteiger partial charge is 0.271 e. The van der Waals surface area contributed by atoms with Crippen LogP contribution >= 0.6 is 0 Å². The number of non-ortho nitro benzene ring substituents is 1. The van der Waals surface area contributed by atoms with Crippen molar-refractivity contribution in [1.29, 1.82) is 0 Å². The molecule has 0 atom stereocenters. The Bertz CT molecular complexity index is 1140. The fraction of sp³-hybridized carbons (Fsp3) is 0.286. The average Bonchev–Trinajstić information content (AvgIpc) is 3.04. The molecule has 0 unspecified atom stereocenters. The third-order valence-electron chi connectivity index (χ3n) is 4.81. The molecule has 0 saturated carbocycles. The van der Waals surface area contributed by atoms with Crippen molar-refractivity contribution in [3.05, 3.63) is 69.2 Å². The van der Waals surface area contributed by atoms with Crippen molar-refractivity contribution in [3.8, 4) is 0 Å². The van der Waals surface area contributed by atoms with Crippen LogP contribution in [0.5, 0.6) is 0 Å². The minimum atomic E-state index is -0.506. The molecule has 2 N–H and O–H groups in total. The van der Waals surface area contributed by atoms with Crippen LogP contribution in [0.2, 0.25) is 0 Å². The van der Waals surface area contributed by atoms with E-state index in [-0.39, 0.29) is 23.9 Å². The van der Waals surface area contributed by atoms with Gasteiger partial charge in [0.15, 0.2) is 0 Å². The Kier molecular flexibility index (Phi) is 6.10. The number of aryl methyl sites for hydroxylation is 3. The number of amides is 2. The Morgan fingerprint density at radius 1 is 1.17 bits per heavy atom. The van der Waals surface area contributed by atoms with E-state index in [1.54, 1.807) is 30.5 Å². The monoisotopic (exact) mass is 409 g/mol. The van der Waals surface area contributed by atoms with Crippen LogP contribution in [0.3, 0.4) is 0 Å². The first kappa shape index (κ1) is 21.0. The Balaban J connectivity index is 1.54. The number of benzene rings is 1. The molecule has 2 aromatic heterocycles. The first-order chi connectivity index (χ1) is 14.3. The van der Waals surface area contributed by atoms with Gasteiger partial charge < -0.3 is 10.6 Å². The van der Waals surface area contributed by atoms with E-state index in [4.69, 9.17) is 0 Å². The van der Waals surface area contributed by atoms with Crippen LogP contribution in [0, 0.1) is 30.9 Å². The molecule has 0 spiro atoms. The zero-order valence-corrected chi connectivity index (χ0v) is 17.1. The number of fused-ring (bicyclic) bond motifs is 1. The summed E-state index contributed by atoms with van der Waals surface area (Å²) in [6.45, 7) is 5.81. The van der Waals surface area contributed by atoms with E-state index in [1.807, 2.05) is 19.1 Å². The summed E-state index contributed by atoms with van der Waals surface area (Å²) in [7, 11) is 0. The quantitative estimate of drug-likeness (QED) is 0.352. The maximum atomic E-state index is 12.6. The Labute approximate surface area is 173 Å². The zero-order valence-electron chi connectivity index (χ0n) is 17.1. The second kappa shape index (κ2) is 8.73. The fourth-order valence-corrected chi connectivity index (χ4v) is 3.20. The van der Waals surface area contributed by atoms with Crippen LogP contribution in [0.25, 0.3) is 5.65 Å². The van der Waals surface area contributed by atoms with Crippen molar-refractivity contribution >= 4 is 28.8 Å². The van der Waals surface area contributed by atoms with Gasteiger partial charge in [0.1, 0.15) is 11.3 Å². The van der Waals surface area contributed by atoms with Gasteiger partial charge in [0.2, 0.25) is 5.91 Å². The molecule has 0 radical (unpaired) electrons. The number of nitro groups is 1. The molecule has 30 heavy (non-hydrogen) atoms. The number of carbonyl (C=O) groups excluding carboxylic acids is 2. The predicted octanol–water partition coefficient (Wildman–Crippen LogP) is 3.32. The number of nitro benzene ring substituents is 1. The third kappa shape index (κ3) is 4.45. The van der Waals surface area contributed by atoms with E-state index in [2.05, 4.69) is 15.6 Å². The summed E-state index contributed by atoms with van der Waals surface area (Å²) < 4.78 is 1.76. The van der Waals surface area contributed by atoms with Gasteiger partial charge in [-0.3, -0.25) is 24.1 Å².